The molecule has 1 aromatic heterocycles. The molecular formula is C41H62N2O7. The van der Waals surface area contributed by atoms with Gasteiger partial charge in [0.2, 0.25) is 5.91 Å². The molecule has 0 radical (unpaired) electrons. The van der Waals surface area contributed by atoms with Crippen molar-refractivity contribution in [3.63, 3.8) is 0 Å². The van der Waals surface area contributed by atoms with Crippen LogP contribution in [0.2, 0.25) is 0 Å². The number of ether oxygens (including phenoxy) is 3. The van der Waals surface area contributed by atoms with Crippen LogP contribution in [0.4, 0.5) is 0 Å². The molecule has 9 heteroatoms. The summed E-state index contributed by atoms with van der Waals surface area (Å²) < 4.78 is 19.7. The zero-order chi connectivity index (χ0) is 35.6. The highest BCUT2D eigenvalue weighted by Gasteiger charge is 2.84. The number of nitrogens with zero attached hydrogens (tertiary/aromatic N) is 2. The Bertz CT molecular complexity index is 1470. The SMILES string of the molecule is C[C@@H]1CC(C(O)C(C)(C)O)OC2[C@H]1C1(C)CCC34CC35CCC(OC3CN(C(=O)Cc6ccccn6)CCO3)C(C)(C)[C@@H]5CCC4[C@]1(C)[C@H]2O. The van der Waals surface area contributed by atoms with E-state index in [1.54, 1.807) is 20.0 Å². The number of carbonyl (C=O) groups excluding carboxylic acids is 1. The van der Waals surface area contributed by atoms with Crippen LogP contribution in [-0.2, 0) is 25.4 Å². The number of aliphatic hydroxyl groups excluding tert-OH is 2. The summed E-state index contributed by atoms with van der Waals surface area (Å²) in [4.78, 5) is 19.4. The Kier molecular flexibility index (Phi) is 8.28. The Morgan fingerprint density at radius 1 is 1.10 bits per heavy atom. The molecule has 2 aliphatic heterocycles. The molecule has 9 nitrogen and oxygen atoms in total. The fraction of sp³-hybridized carbons (Fsp3) is 0.854. The van der Waals surface area contributed by atoms with Gasteiger partial charge in [-0.3, -0.25) is 9.78 Å². The van der Waals surface area contributed by atoms with Crippen molar-refractivity contribution < 1.29 is 34.3 Å². The molecule has 5 saturated carbocycles. The fourth-order valence-corrected chi connectivity index (χ4v) is 14.1. The lowest BCUT2D eigenvalue weighted by molar-refractivity contribution is -0.248. The van der Waals surface area contributed by atoms with Crippen molar-refractivity contribution in [2.75, 3.05) is 19.7 Å². The molecule has 7 fully saturated rings. The first-order chi connectivity index (χ1) is 23.5. The summed E-state index contributed by atoms with van der Waals surface area (Å²) in [5.41, 5.74) is -0.366. The number of pyridine rings is 1. The van der Waals surface area contributed by atoms with Gasteiger partial charge in [0.05, 0.1) is 49.6 Å². The maximum Gasteiger partial charge on any atom is 0.228 e. The minimum atomic E-state index is -1.26. The van der Waals surface area contributed by atoms with Crippen LogP contribution in [0.3, 0.4) is 0 Å². The van der Waals surface area contributed by atoms with Crippen molar-refractivity contribution in [3.05, 3.63) is 30.1 Å². The highest BCUT2D eigenvalue weighted by molar-refractivity contribution is 5.78. The molecule has 3 heterocycles. The van der Waals surface area contributed by atoms with Crippen LogP contribution >= 0.6 is 0 Å². The second-order valence-corrected chi connectivity index (χ2v) is 19.4. The van der Waals surface area contributed by atoms with E-state index < -0.39 is 30.2 Å². The lowest BCUT2D eigenvalue weighted by Gasteiger charge is -2.64. The highest BCUT2D eigenvalue weighted by Crippen LogP contribution is 2.89. The van der Waals surface area contributed by atoms with Crippen LogP contribution in [0.1, 0.15) is 106 Å². The van der Waals surface area contributed by atoms with Crippen molar-refractivity contribution >= 4 is 5.91 Å². The van der Waals surface area contributed by atoms with E-state index in [1.165, 1.54) is 12.8 Å². The van der Waals surface area contributed by atoms with E-state index in [0.29, 0.717) is 44.4 Å². The Hall–Kier alpha value is -1.62. The van der Waals surface area contributed by atoms with Gasteiger partial charge in [0.15, 0.2) is 6.29 Å². The number of aromatic nitrogens is 1. The molecule has 50 heavy (non-hydrogen) atoms. The third kappa shape index (κ3) is 4.85. The van der Waals surface area contributed by atoms with Crippen molar-refractivity contribution in [3.8, 4) is 0 Å². The van der Waals surface area contributed by atoms with E-state index in [9.17, 15) is 20.1 Å². The Morgan fingerprint density at radius 3 is 2.56 bits per heavy atom. The number of rotatable bonds is 6. The predicted molar refractivity (Wildman–Crippen MR) is 188 cm³/mol. The molecular weight excluding hydrogens is 632 g/mol. The maximum absolute atomic E-state index is 13.2. The molecule has 278 valence electrons. The second kappa shape index (κ2) is 11.7. The maximum atomic E-state index is 13.2. The van der Waals surface area contributed by atoms with Crippen molar-refractivity contribution in [2.24, 2.45) is 50.7 Å². The number of hydrogen-bond acceptors (Lipinski definition) is 8. The first-order valence-corrected chi connectivity index (χ1v) is 19.7. The van der Waals surface area contributed by atoms with Gasteiger partial charge in [-0.25, -0.2) is 0 Å². The van der Waals surface area contributed by atoms with E-state index >= 15 is 0 Å². The summed E-state index contributed by atoms with van der Waals surface area (Å²) in [6, 6.07) is 5.68. The van der Waals surface area contributed by atoms with Crippen LogP contribution in [0.25, 0.3) is 0 Å². The van der Waals surface area contributed by atoms with Crippen molar-refractivity contribution in [2.45, 2.75) is 149 Å². The van der Waals surface area contributed by atoms with Gasteiger partial charge in [-0.05, 0) is 123 Å². The molecule has 1 aromatic rings. The minimum absolute atomic E-state index is 0.0433. The number of amides is 1. The van der Waals surface area contributed by atoms with E-state index in [-0.39, 0.29) is 57.0 Å². The topological polar surface area (TPSA) is 122 Å². The van der Waals surface area contributed by atoms with Crippen LogP contribution in [0, 0.1) is 50.7 Å². The monoisotopic (exact) mass is 694 g/mol. The van der Waals surface area contributed by atoms with Gasteiger partial charge in [0.25, 0.3) is 0 Å². The van der Waals surface area contributed by atoms with Crippen LogP contribution < -0.4 is 0 Å². The fourth-order valence-electron chi connectivity index (χ4n) is 14.1. The number of carbonyl (C=O) groups is 1. The zero-order valence-electron chi connectivity index (χ0n) is 31.4. The average Bonchev–Trinajstić information content (AvgIpc) is 3.70. The second-order valence-electron chi connectivity index (χ2n) is 19.4. The zero-order valence-corrected chi connectivity index (χ0v) is 31.4. The molecule has 5 aliphatic carbocycles. The molecule has 1 amide bonds. The molecule has 14 atom stereocenters. The van der Waals surface area contributed by atoms with Crippen LogP contribution in [0.5, 0.6) is 0 Å². The molecule has 7 aliphatic rings. The summed E-state index contributed by atoms with van der Waals surface area (Å²) in [5, 5.41) is 34.2. The lowest BCUT2D eigenvalue weighted by Crippen LogP contribution is -2.60. The Labute approximate surface area is 298 Å². The third-order valence-electron chi connectivity index (χ3n) is 16.6. The largest absolute Gasteiger partial charge is 0.390 e. The number of morpholine rings is 1. The Balaban J connectivity index is 0.985. The number of fused-ring (bicyclic) bond motifs is 4. The van der Waals surface area contributed by atoms with Gasteiger partial charge in [-0.15, -0.1) is 0 Å². The summed E-state index contributed by atoms with van der Waals surface area (Å²) in [6.45, 7) is 16.7. The van der Waals surface area contributed by atoms with Crippen LogP contribution in [0.15, 0.2) is 24.4 Å². The smallest absolute Gasteiger partial charge is 0.228 e. The molecule has 0 bridgehead atoms. The lowest BCUT2D eigenvalue weighted by atomic mass is 9.41. The van der Waals surface area contributed by atoms with E-state index in [4.69, 9.17) is 14.2 Å². The van der Waals surface area contributed by atoms with Gasteiger partial charge < -0.3 is 34.4 Å². The standard InChI is InChI=1S/C41H62N2O7/c1-24-20-26(34(45)37(4,5)47)49-33-32(24)38(6)15-16-41-23-40(41)14-13-29(36(2,3)27(40)11-12-28(41)39(38,7)35(33)46)50-31-22-43(18-19-48-31)30(44)21-25-10-8-9-17-42-25/h8-10,17,24,26-29,31-35,45-47H,11-16,18-23H2,1-7H3/t24-,26?,27+,28?,29?,31?,32+,33?,34?,35+,38?,39-,40?,41?/m1/s1. The predicted octanol–water partition coefficient (Wildman–Crippen LogP) is 5.14. The summed E-state index contributed by atoms with van der Waals surface area (Å²) >= 11 is 0. The molecule has 2 spiro atoms. The quantitative estimate of drug-likeness (QED) is 0.375. The van der Waals surface area contributed by atoms with Gasteiger partial charge in [0.1, 0.15) is 6.10 Å². The average molecular weight is 695 g/mol. The van der Waals surface area contributed by atoms with Gasteiger partial charge in [-0.1, -0.05) is 40.7 Å². The van der Waals surface area contributed by atoms with Crippen LogP contribution in [-0.4, -0.2) is 93.2 Å². The summed E-state index contributed by atoms with van der Waals surface area (Å²) in [5.74, 6) is 1.53. The van der Waals surface area contributed by atoms with Gasteiger partial charge >= 0.3 is 0 Å². The first kappa shape index (κ1) is 35.4. The van der Waals surface area contributed by atoms with E-state index in [2.05, 4.69) is 39.6 Å². The minimum Gasteiger partial charge on any atom is -0.390 e. The third-order valence-corrected chi connectivity index (χ3v) is 16.6. The van der Waals surface area contributed by atoms with E-state index in [0.717, 1.165) is 37.8 Å². The number of aliphatic hydroxyl groups is 3. The summed E-state index contributed by atoms with van der Waals surface area (Å²) in [7, 11) is 0. The highest BCUT2D eigenvalue weighted by atomic mass is 16.7. The Morgan fingerprint density at radius 2 is 1.84 bits per heavy atom. The first-order valence-electron chi connectivity index (χ1n) is 19.7. The summed E-state index contributed by atoms with van der Waals surface area (Å²) in [6.07, 6.45) is 7.83. The molecule has 0 aromatic carbocycles. The molecule has 2 saturated heterocycles. The normalized spacial score (nSPS) is 48.4. The van der Waals surface area contributed by atoms with Gasteiger partial charge in [-0.2, -0.15) is 0 Å². The van der Waals surface area contributed by atoms with Crippen molar-refractivity contribution in [1.29, 1.82) is 0 Å². The number of hydrogen-bond donors (Lipinski definition) is 3. The van der Waals surface area contributed by atoms with Crippen molar-refractivity contribution in [1.82, 2.24) is 9.88 Å². The molecule has 3 N–H and O–H groups in total. The molecule has 9 unspecified atom stereocenters. The van der Waals surface area contributed by atoms with Gasteiger partial charge in [0, 0.05) is 23.9 Å². The molecule has 8 rings (SSSR count). The van der Waals surface area contributed by atoms with E-state index in [1.807, 2.05) is 23.1 Å².